The maximum atomic E-state index is 11.9. The lowest BCUT2D eigenvalue weighted by atomic mass is 10.1. The van der Waals surface area contributed by atoms with Crippen molar-refractivity contribution < 1.29 is 4.79 Å². The third-order valence-electron chi connectivity index (χ3n) is 2.94. The second-order valence-corrected chi connectivity index (χ2v) is 4.46. The Labute approximate surface area is 118 Å². The number of hydrazone groups is 1. The van der Waals surface area contributed by atoms with Crippen LogP contribution in [0.4, 0.5) is 0 Å². The molecular weight excluding hydrogens is 250 g/mol. The van der Waals surface area contributed by atoms with E-state index in [1.54, 1.807) is 18.3 Å². The van der Waals surface area contributed by atoms with Gasteiger partial charge in [-0.3, -0.25) is 9.78 Å². The smallest absolute Gasteiger partial charge is 0.267 e. The van der Waals surface area contributed by atoms with E-state index in [2.05, 4.69) is 15.5 Å². The van der Waals surface area contributed by atoms with Crippen LogP contribution in [-0.2, 0) is 0 Å². The Morgan fingerprint density at radius 2 is 1.95 bits per heavy atom. The summed E-state index contributed by atoms with van der Waals surface area (Å²) in [5.74, 6) is -0.254. The van der Waals surface area contributed by atoms with Crippen molar-refractivity contribution in [2.24, 2.45) is 5.10 Å². The zero-order valence-electron chi connectivity index (χ0n) is 11.6. The van der Waals surface area contributed by atoms with Crippen molar-refractivity contribution in [1.29, 1.82) is 0 Å². The third kappa shape index (κ3) is 3.51. The van der Waals surface area contributed by atoms with E-state index in [0.29, 0.717) is 5.56 Å². The zero-order chi connectivity index (χ0) is 14.4. The maximum absolute atomic E-state index is 11.9. The molecule has 2 aromatic rings. The number of carbonyl (C=O) groups is 1. The van der Waals surface area contributed by atoms with Gasteiger partial charge in [0.2, 0.25) is 0 Å². The lowest BCUT2D eigenvalue weighted by molar-refractivity contribution is 0.0954. The molecule has 0 bridgehead atoms. The molecule has 0 saturated heterocycles. The quantitative estimate of drug-likeness (QED) is 0.684. The molecule has 0 unspecified atom stereocenters. The molecule has 0 radical (unpaired) electrons. The first-order chi connectivity index (χ1) is 9.70. The topological polar surface area (TPSA) is 54.4 Å². The van der Waals surface area contributed by atoms with Crippen molar-refractivity contribution in [2.45, 2.75) is 20.3 Å². The van der Waals surface area contributed by atoms with Gasteiger partial charge in [0.05, 0.1) is 11.3 Å². The van der Waals surface area contributed by atoms with Gasteiger partial charge in [0.1, 0.15) is 0 Å². The molecule has 1 aromatic carbocycles. The molecule has 0 saturated carbocycles. The molecule has 0 aliphatic heterocycles. The number of rotatable bonds is 4. The van der Waals surface area contributed by atoms with Gasteiger partial charge in [0.15, 0.2) is 0 Å². The number of amides is 1. The number of pyridine rings is 1. The maximum Gasteiger partial charge on any atom is 0.272 e. The number of carbonyl (C=O) groups excluding carboxylic acids is 1. The van der Waals surface area contributed by atoms with Gasteiger partial charge in [0.25, 0.3) is 5.91 Å². The molecular formula is C16H17N3O. The SMILES string of the molecule is CC/C(=N\NC(=O)c1cccnc1)c1ccc(C)cc1. The van der Waals surface area contributed by atoms with Gasteiger partial charge in [-0.05, 0) is 31.0 Å². The summed E-state index contributed by atoms with van der Waals surface area (Å²) in [5.41, 5.74) is 6.13. The monoisotopic (exact) mass is 267 g/mol. The van der Waals surface area contributed by atoms with Crippen molar-refractivity contribution in [3.8, 4) is 0 Å². The molecule has 20 heavy (non-hydrogen) atoms. The van der Waals surface area contributed by atoms with Gasteiger partial charge >= 0.3 is 0 Å². The highest BCUT2D eigenvalue weighted by Crippen LogP contribution is 2.07. The minimum atomic E-state index is -0.254. The summed E-state index contributed by atoms with van der Waals surface area (Å²) in [7, 11) is 0. The fraction of sp³-hybridized carbons (Fsp3) is 0.188. The summed E-state index contributed by atoms with van der Waals surface area (Å²) in [6.45, 7) is 4.05. The Bertz CT molecular complexity index is 603. The van der Waals surface area contributed by atoms with E-state index in [9.17, 15) is 4.79 Å². The van der Waals surface area contributed by atoms with E-state index < -0.39 is 0 Å². The minimum Gasteiger partial charge on any atom is -0.267 e. The van der Waals surface area contributed by atoms with E-state index in [1.165, 1.54) is 11.8 Å². The largest absolute Gasteiger partial charge is 0.272 e. The lowest BCUT2D eigenvalue weighted by Crippen LogP contribution is -2.20. The highest BCUT2D eigenvalue weighted by Gasteiger charge is 2.05. The van der Waals surface area contributed by atoms with Gasteiger partial charge in [-0.2, -0.15) is 5.10 Å². The normalized spacial score (nSPS) is 11.2. The first-order valence-electron chi connectivity index (χ1n) is 6.54. The average Bonchev–Trinajstić information content (AvgIpc) is 2.50. The number of aromatic nitrogens is 1. The molecule has 4 heteroatoms. The Hall–Kier alpha value is -2.49. The summed E-state index contributed by atoms with van der Waals surface area (Å²) in [6.07, 6.45) is 3.89. The van der Waals surface area contributed by atoms with Gasteiger partial charge in [-0.1, -0.05) is 36.8 Å². The van der Waals surface area contributed by atoms with E-state index in [0.717, 1.165) is 17.7 Å². The third-order valence-corrected chi connectivity index (χ3v) is 2.94. The number of hydrogen-bond donors (Lipinski definition) is 1. The van der Waals surface area contributed by atoms with Crippen molar-refractivity contribution in [2.75, 3.05) is 0 Å². The van der Waals surface area contributed by atoms with Crippen LogP contribution in [0, 0.1) is 6.92 Å². The number of nitrogens with one attached hydrogen (secondary N) is 1. The molecule has 1 aromatic heterocycles. The molecule has 102 valence electrons. The zero-order valence-corrected chi connectivity index (χ0v) is 11.6. The minimum absolute atomic E-state index is 0.254. The molecule has 2 rings (SSSR count). The summed E-state index contributed by atoms with van der Waals surface area (Å²) >= 11 is 0. The molecule has 0 aliphatic rings. The highest BCUT2D eigenvalue weighted by atomic mass is 16.2. The van der Waals surface area contributed by atoms with Crippen molar-refractivity contribution in [3.63, 3.8) is 0 Å². The predicted molar refractivity (Wildman–Crippen MR) is 79.7 cm³/mol. The standard InChI is InChI=1S/C16H17N3O/c1-3-15(13-8-6-12(2)7-9-13)18-19-16(20)14-5-4-10-17-11-14/h4-11H,3H2,1-2H3,(H,19,20)/b18-15+. The van der Waals surface area contributed by atoms with E-state index in [-0.39, 0.29) is 5.91 Å². The Morgan fingerprint density at radius 1 is 1.20 bits per heavy atom. The first-order valence-corrected chi connectivity index (χ1v) is 6.54. The summed E-state index contributed by atoms with van der Waals surface area (Å²) in [6, 6.07) is 11.5. The molecule has 1 amide bonds. The Kier molecular flexibility index (Phi) is 4.60. The molecule has 0 spiro atoms. The van der Waals surface area contributed by atoms with Crippen LogP contribution in [0.3, 0.4) is 0 Å². The van der Waals surface area contributed by atoms with Gasteiger partial charge in [-0.25, -0.2) is 5.43 Å². The van der Waals surface area contributed by atoms with Crippen LogP contribution in [-0.4, -0.2) is 16.6 Å². The number of aryl methyl sites for hydroxylation is 1. The molecule has 0 aliphatic carbocycles. The van der Waals surface area contributed by atoms with Crippen LogP contribution >= 0.6 is 0 Å². The van der Waals surface area contributed by atoms with Crippen molar-refractivity contribution in [3.05, 3.63) is 65.5 Å². The molecule has 1 N–H and O–H groups in total. The van der Waals surface area contributed by atoms with Crippen molar-refractivity contribution in [1.82, 2.24) is 10.4 Å². The number of benzene rings is 1. The van der Waals surface area contributed by atoms with Crippen LogP contribution < -0.4 is 5.43 Å². The summed E-state index contributed by atoms with van der Waals surface area (Å²) in [5, 5.41) is 4.21. The molecule has 1 heterocycles. The highest BCUT2D eigenvalue weighted by molar-refractivity contribution is 6.02. The van der Waals surface area contributed by atoms with E-state index >= 15 is 0 Å². The fourth-order valence-corrected chi connectivity index (χ4v) is 1.77. The predicted octanol–water partition coefficient (Wildman–Crippen LogP) is 2.93. The number of nitrogens with zero attached hydrogens (tertiary/aromatic N) is 2. The van der Waals surface area contributed by atoms with Crippen LogP contribution in [0.5, 0.6) is 0 Å². The molecule has 4 nitrogen and oxygen atoms in total. The van der Waals surface area contributed by atoms with Crippen LogP contribution in [0.1, 0.15) is 34.8 Å². The Morgan fingerprint density at radius 3 is 2.55 bits per heavy atom. The first kappa shape index (κ1) is 13.9. The second kappa shape index (κ2) is 6.61. The van der Waals surface area contributed by atoms with Crippen LogP contribution in [0.15, 0.2) is 53.9 Å². The molecule has 0 atom stereocenters. The molecule has 0 fully saturated rings. The van der Waals surface area contributed by atoms with Crippen LogP contribution in [0.25, 0.3) is 0 Å². The second-order valence-electron chi connectivity index (χ2n) is 4.46. The number of hydrogen-bond acceptors (Lipinski definition) is 3. The average molecular weight is 267 g/mol. The van der Waals surface area contributed by atoms with Gasteiger partial charge in [0, 0.05) is 12.4 Å². The van der Waals surface area contributed by atoms with Crippen molar-refractivity contribution >= 4 is 11.6 Å². The summed E-state index contributed by atoms with van der Waals surface area (Å²) < 4.78 is 0. The Balaban J connectivity index is 2.12. The van der Waals surface area contributed by atoms with Gasteiger partial charge in [-0.15, -0.1) is 0 Å². The van der Waals surface area contributed by atoms with E-state index in [1.807, 2.05) is 38.1 Å². The van der Waals surface area contributed by atoms with Crippen LogP contribution in [0.2, 0.25) is 0 Å². The summed E-state index contributed by atoms with van der Waals surface area (Å²) in [4.78, 5) is 15.8. The van der Waals surface area contributed by atoms with E-state index in [4.69, 9.17) is 0 Å². The van der Waals surface area contributed by atoms with Gasteiger partial charge < -0.3 is 0 Å². The lowest BCUT2D eigenvalue weighted by Gasteiger charge is -2.05. The fourth-order valence-electron chi connectivity index (χ4n) is 1.77.